The average molecular weight is 193 g/mol. The fourth-order valence-corrected chi connectivity index (χ4v) is 1.94. The molecule has 2 rings (SSSR count). The molecule has 0 bridgehead atoms. The topological polar surface area (TPSA) is 52.5 Å². The lowest BCUT2D eigenvalue weighted by atomic mass is 9.94. The van der Waals surface area contributed by atoms with Gasteiger partial charge >= 0.3 is 0 Å². The summed E-state index contributed by atoms with van der Waals surface area (Å²) < 4.78 is 0. The molecule has 3 heteroatoms. The van der Waals surface area contributed by atoms with Crippen LogP contribution in [0.5, 0.6) is 5.75 Å². The smallest absolute Gasteiger partial charge is 0.120 e. The molecule has 1 aromatic rings. The van der Waals surface area contributed by atoms with E-state index >= 15 is 0 Å². The highest BCUT2D eigenvalue weighted by Gasteiger charge is 2.25. The van der Waals surface area contributed by atoms with Gasteiger partial charge in [-0.15, -0.1) is 0 Å². The Balaban J connectivity index is 2.25. The van der Waals surface area contributed by atoms with Crippen LogP contribution in [0.4, 0.5) is 0 Å². The van der Waals surface area contributed by atoms with Gasteiger partial charge in [-0.25, -0.2) is 0 Å². The third kappa shape index (κ3) is 1.74. The summed E-state index contributed by atoms with van der Waals surface area (Å²) in [6.07, 6.45) is 1.40. The highest BCUT2D eigenvalue weighted by atomic mass is 16.3. The molecule has 2 atom stereocenters. The van der Waals surface area contributed by atoms with Gasteiger partial charge in [-0.05, 0) is 25.5 Å². The van der Waals surface area contributed by atoms with Gasteiger partial charge in [-0.1, -0.05) is 18.2 Å². The van der Waals surface area contributed by atoms with Crippen LogP contribution in [0.15, 0.2) is 24.3 Å². The molecule has 3 nitrogen and oxygen atoms in total. The minimum atomic E-state index is -0.392. The Bertz CT molecular complexity index is 314. The number of aromatic hydroxyl groups is 1. The van der Waals surface area contributed by atoms with E-state index in [9.17, 15) is 10.2 Å². The second-order valence-corrected chi connectivity index (χ2v) is 3.70. The van der Waals surface area contributed by atoms with E-state index in [2.05, 4.69) is 5.32 Å². The van der Waals surface area contributed by atoms with Crippen molar-refractivity contribution in [2.75, 3.05) is 6.54 Å². The van der Waals surface area contributed by atoms with Gasteiger partial charge in [0.1, 0.15) is 5.75 Å². The molecule has 0 amide bonds. The molecule has 0 aliphatic carbocycles. The Morgan fingerprint density at radius 3 is 2.79 bits per heavy atom. The van der Waals surface area contributed by atoms with Crippen molar-refractivity contribution in [1.82, 2.24) is 5.32 Å². The van der Waals surface area contributed by atoms with Crippen molar-refractivity contribution in [2.24, 2.45) is 0 Å². The molecule has 3 N–H and O–H groups in total. The number of aliphatic hydroxyl groups excluding tert-OH is 1. The molecular weight excluding hydrogens is 178 g/mol. The summed E-state index contributed by atoms with van der Waals surface area (Å²) in [5, 5.41) is 22.6. The standard InChI is InChI=1S/C11H15NO2/c13-9-5-2-1-4-8(9)11-10(14)6-3-7-12-11/h1-2,4-5,10-14H,3,6-7H2. The van der Waals surface area contributed by atoms with Gasteiger partial charge in [0.2, 0.25) is 0 Å². The second kappa shape index (κ2) is 3.98. The normalized spacial score (nSPS) is 27.5. The minimum absolute atomic E-state index is 0.120. The van der Waals surface area contributed by atoms with Crippen LogP contribution in [-0.2, 0) is 0 Å². The van der Waals surface area contributed by atoms with Crippen molar-refractivity contribution in [3.63, 3.8) is 0 Å². The molecule has 1 aliphatic heterocycles. The largest absolute Gasteiger partial charge is 0.508 e. The number of hydrogen-bond donors (Lipinski definition) is 3. The van der Waals surface area contributed by atoms with Gasteiger partial charge in [0, 0.05) is 5.56 Å². The summed E-state index contributed by atoms with van der Waals surface area (Å²) in [6, 6.07) is 7.04. The summed E-state index contributed by atoms with van der Waals surface area (Å²) in [6.45, 7) is 0.899. The monoisotopic (exact) mass is 193 g/mol. The Morgan fingerprint density at radius 2 is 2.07 bits per heavy atom. The van der Waals surface area contributed by atoms with Gasteiger partial charge in [0.15, 0.2) is 0 Å². The highest BCUT2D eigenvalue weighted by Crippen LogP contribution is 2.29. The summed E-state index contributed by atoms with van der Waals surface area (Å²) in [5.74, 6) is 0.256. The number of rotatable bonds is 1. The minimum Gasteiger partial charge on any atom is -0.508 e. The van der Waals surface area contributed by atoms with Crippen molar-refractivity contribution in [3.8, 4) is 5.75 Å². The van der Waals surface area contributed by atoms with Crippen molar-refractivity contribution >= 4 is 0 Å². The van der Waals surface area contributed by atoms with Crippen molar-refractivity contribution in [2.45, 2.75) is 25.0 Å². The lowest BCUT2D eigenvalue weighted by Gasteiger charge is -2.29. The van der Waals surface area contributed by atoms with E-state index in [1.807, 2.05) is 12.1 Å². The predicted molar refractivity (Wildman–Crippen MR) is 54.1 cm³/mol. The van der Waals surface area contributed by atoms with Gasteiger partial charge in [0.25, 0.3) is 0 Å². The van der Waals surface area contributed by atoms with Crippen molar-refractivity contribution < 1.29 is 10.2 Å². The molecule has 1 aromatic carbocycles. The molecule has 1 heterocycles. The summed E-state index contributed by atoms with van der Waals surface area (Å²) in [5.41, 5.74) is 0.791. The predicted octanol–water partition coefficient (Wildman–Crippen LogP) is 1.18. The molecular formula is C11H15NO2. The van der Waals surface area contributed by atoms with Crippen LogP contribution in [0.25, 0.3) is 0 Å². The van der Waals surface area contributed by atoms with Crippen LogP contribution in [0.3, 0.4) is 0 Å². The zero-order valence-electron chi connectivity index (χ0n) is 7.98. The Morgan fingerprint density at radius 1 is 1.29 bits per heavy atom. The fraction of sp³-hybridized carbons (Fsp3) is 0.455. The first-order valence-corrected chi connectivity index (χ1v) is 4.98. The molecule has 1 aliphatic rings. The van der Waals surface area contributed by atoms with Crippen LogP contribution in [0.1, 0.15) is 24.4 Å². The number of benzene rings is 1. The molecule has 0 aromatic heterocycles. The number of phenols is 1. The molecule has 14 heavy (non-hydrogen) atoms. The lowest BCUT2D eigenvalue weighted by Crippen LogP contribution is -2.37. The number of para-hydroxylation sites is 1. The second-order valence-electron chi connectivity index (χ2n) is 3.70. The van der Waals surface area contributed by atoms with Gasteiger partial charge < -0.3 is 15.5 Å². The van der Waals surface area contributed by atoms with E-state index in [-0.39, 0.29) is 11.8 Å². The van der Waals surface area contributed by atoms with Crippen LogP contribution in [0, 0.1) is 0 Å². The highest BCUT2D eigenvalue weighted by molar-refractivity contribution is 5.35. The third-order valence-corrected chi connectivity index (χ3v) is 2.70. The number of piperidine rings is 1. The van der Waals surface area contributed by atoms with E-state index in [4.69, 9.17) is 0 Å². The Hall–Kier alpha value is -1.06. The first kappa shape index (κ1) is 9.49. The number of hydrogen-bond acceptors (Lipinski definition) is 3. The lowest BCUT2D eigenvalue weighted by molar-refractivity contribution is 0.0953. The number of aliphatic hydroxyl groups is 1. The fourth-order valence-electron chi connectivity index (χ4n) is 1.94. The SMILES string of the molecule is Oc1ccccc1C1NCCCC1O. The first-order chi connectivity index (χ1) is 6.79. The van der Waals surface area contributed by atoms with E-state index < -0.39 is 6.10 Å². The van der Waals surface area contributed by atoms with Gasteiger partial charge in [0.05, 0.1) is 12.1 Å². The zero-order chi connectivity index (χ0) is 9.97. The molecule has 2 unspecified atom stereocenters. The van der Waals surface area contributed by atoms with Crippen LogP contribution in [-0.4, -0.2) is 22.9 Å². The maximum atomic E-state index is 9.77. The molecule has 1 saturated heterocycles. The number of phenolic OH excluding ortho intramolecular Hbond substituents is 1. The van der Waals surface area contributed by atoms with E-state index in [0.717, 1.165) is 24.9 Å². The third-order valence-electron chi connectivity index (χ3n) is 2.70. The van der Waals surface area contributed by atoms with Crippen LogP contribution >= 0.6 is 0 Å². The molecule has 0 radical (unpaired) electrons. The molecule has 1 fully saturated rings. The van der Waals surface area contributed by atoms with E-state index in [1.54, 1.807) is 12.1 Å². The molecule has 0 saturated carbocycles. The van der Waals surface area contributed by atoms with Gasteiger partial charge in [-0.2, -0.15) is 0 Å². The summed E-state index contributed by atoms with van der Waals surface area (Å²) in [7, 11) is 0. The maximum absolute atomic E-state index is 9.77. The Labute approximate surface area is 83.4 Å². The summed E-state index contributed by atoms with van der Waals surface area (Å²) >= 11 is 0. The van der Waals surface area contributed by atoms with Gasteiger partial charge in [-0.3, -0.25) is 0 Å². The first-order valence-electron chi connectivity index (χ1n) is 4.98. The maximum Gasteiger partial charge on any atom is 0.120 e. The zero-order valence-corrected chi connectivity index (χ0v) is 7.98. The number of nitrogens with one attached hydrogen (secondary N) is 1. The van der Waals surface area contributed by atoms with Crippen molar-refractivity contribution in [1.29, 1.82) is 0 Å². The van der Waals surface area contributed by atoms with Crippen LogP contribution < -0.4 is 5.32 Å². The van der Waals surface area contributed by atoms with Crippen molar-refractivity contribution in [3.05, 3.63) is 29.8 Å². The molecule has 76 valence electrons. The van der Waals surface area contributed by atoms with Crippen LogP contribution in [0.2, 0.25) is 0 Å². The van der Waals surface area contributed by atoms with E-state index in [1.165, 1.54) is 0 Å². The average Bonchev–Trinajstić information content (AvgIpc) is 2.20. The quantitative estimate of drug-likeness (QED) is 0.627. The summed E-state index contributed by atoms with van der Waals surface area (Å²) in [4.78, 5) is 0. The van der Waals surface area contributed by atoms with E-state index in [0.29, 0.717) is 0 Å². The molecule has 0 spiro atoms. The Kier molecular flexibility index (Phi) is 2.70.